The van der Waals surface area contributed by atoms with Gasteiger partial charge in [0, 0.05) is 6.54 Å². The third-order valence-corrected chi connectivity index (χ3v) is 4.07. The predicted molar refractivity (Wildman–Crippen MR) is 89.1 cm³/mol. The third-order valence-electron chi connectivity index (χ3n) is 4.07. The fourth-order valence-electron chi connectivity index (χ4n) is 2.91. The van der Waals surface area contributed by atoms with Crippen LogP contribution in [0, 0.1) is 0 Å². The first-order valence-electron chi connectivity index (χ1n) is 8.07. The van der Waals surface area contributed by atoms with Gasteiger partial charge in [0.25, 0.3) is 0 Å². The molecule has 0 N–H and O–H groups in total. The summed E-state index contributed by atoms with van der Waals surface area (Å²) in [7, 11) is 0. The van der Waals surface area contributed by atoms with Gasteiger partial charge in [0.15, 0.2) is 0 Å². The molecule has 0 amide bonds. The lowest BCUT2D eigenvalue weighted by Crippen LogP contribution is -2.34. The van der Waals surface area contributed by atoms with E-state index in [1.54, 1.807) is 6.20 Å². The maximum atomic E-state index is 6.12. The number of hydrogen-bond acceptors (Lipinski definition) is 4. The monoisotopic (exact) mass is 297 g/mol. The van der Waals surface area contributed by atoms with Gasteiger partial charge in [-0.15, -0.1) is 6.58 Å². The van der Waals surface area contributed by atoms with Crippen LogP contribution in [-0.4, -0.2) is 40.6 Å². The molecule has 2 heterocycles. The number of hydrogen-bond donors (Lipinski definition) is 0. The van der Waals surface area contributed by atoms with Crippen LogP contribution in [0.5, 0.6) is 5.88 Å². The minimum atomic E-state index is 0.145. The number of allylic oxidation sites excluding steroid dienone is 1. The molecular formula is C18H23N3O. The number of para-hydroxylation sites is 2. The van der Waals surface area contributed by atoms with Crippen LogP contribution >= 0.6 is 0 Å². The Kier molecular flexibility index (Phi) is 5.01. The number of ether oxygens (including phenoxy) is 1. The van der Waals surface area contributed by atoms with Crippen molar-refractivity contribution in [2.45, 2.75) is 31.8 Å². The van der Waals surface area contributed by atoms with Gasteiger partial charge in [-0.05, 0) is 50.9 Å². The molecule has 4 heteroatoms. The van der Waals surface area contributed by atoms with Crippen molar-refractivity contribution in [2.75, 3.05) is 19.6 Å². The van der Waals surface area contributed by atoms with E-state index in [9.17, 15) is 0 Å². The number of fused-ring (bicyclic) bond motifs is 1. The van der Waals surface area contributed by atoms with Crippen LogP contribution in [0.25, 0.3) is 11.0 Å². The second-order valence-electron chi connectivity index (χ2n) is 5.81. The first kappa shape index (κ1) is 15.0. The van der Waals surface area contributed by atoms with Gasteiger partial charge < -0.3 is 4.74 Å². The van der Waals surface area contributed by atoms with Crippen molar-refractivity contribution >= 4 is 11.0 Å². The Morgan fingerprint density at radius 2 is 2.00 bits per heavy atom. The molecule has 4 nitrogen and oxygen atoms in total. The summed E-state index contributed by atoms with van der Waals surface area (Å²) in [6.07, 6.45) is 8.34. The molecule has 0 unspecified atom stereocenters. The van der Waals surface area contributed by atoms with Crippen LogP contribution in [0.3, 0.4) is 0 Å². The molecule has 1 fully saturated rings. The van der Waals surface area contributed by atoms with Crippen molar-refractivity contribution < 1.29 is 4.74 Å². The number of likely N-dealkylation sites (tertiary alicyclic amines) is 1. The fourth-order valence-corrected chi connectivity index (χ4v) is 2.91. The first-order valence-corrected chi connectivity index (χ1v) is 8.07. The van der Waals surface area contributed by atoms with Crippen LogP contribution in [0.15, 0.2) is 43.1 Å². The Morgan fingerprint density at radius 1 is 1.23 bits per heavy atom. The Balaban J connectivity index is 1.70. The largest absolute Gasteiger partial charge is 0.472 e. The summed E-state index contributed by atoms with van der Waals surface area (Å²) < 4.78 is 6.12. The van der Waals surface area contributed by atoms with Gasteiger partial charge in [-0.2, -0.15) is 0 Å². The molecule has 1 saturated heterocycles. The molecule has 1 aromatic carbocycles. The van der Waals surface area contributed by atoms with Gasteiger partial charge in [0.1, 0.15) is 6.10 Å². The molecule has 1 atom stereocenters. The van der Waals surface area contributed by atoms with Crippen LogP contribution in [0.1, 0.15) is 25.7 Å². The van der Waals surface area contributed by atoms with Gasteiger partial charge in [0.05, 0.1) is 17.2 Å². The lowest BCUT2D eigenvalue weighted by molar-refractivity contribution is 0.134. The summed E-state index contributed by atoms with van der Waals surface area (Å²) in [5.74, 6) is 0.618. The van der Waals surface area contributed by atoms with E-state index in [0.717, 1.165) is 30.4 Å². The van der Waals surface area contributed by atoms with E-state index >= 15 is 0 Å². The highest BCUT2D eigenvalue weighted by atomic mass is 16.5. The lowest BCUT2D eigenvalue weighted by atomic mass is 10.2. The minimum absolute atomic E-state index is 0.145. The molecule has 0 radical (unpaired) electrons. The standard InChI is InChI=1S/C18H23N3O/c1-2-3-8-15(14-21-11-6-7-12-21)22-18-13-19-16-9-4-5-10-17(16)20-18/h2,4-5,9-10,13,15H,1,3,6-8,11-12,14H2/t15-/m0/s1. The van der Waals surface area contributed by atoms with E-state index in [-0.39, 0.29) is 6.10 Å². The van der Waals surface area contributed by atoms with E-state index in [0.29, 0.717) is 5.88 Å². The van der Waals surface area contributed by atoms with Gasteiger partial charge in [0.2, 0.25) is 5.88 Å². The quantitative estimate of drug-likeness (QED) is 0.734. The third kappa shape index (κ3) is 3.83. The van der Waals surface area contributed by atoms with Gasteiger partial charge >= 0.3 is 0 Å². The van der Waals surface area contributed by atoms with Crippen molar-refractivity contribution in [3.63, 3.8) is 0 Å². The first-order chi connectivity index (χ1) is 10.8. The van der Waals surface area contributed by atoms with Gasteiger partial charge in [-0.3, -0.25) is 4.90 Å². The second-order valence-corrected chi connectivity index (χ2v) is 5.81. The predicted octanol–water partition coefficient (Wildman–Crippen LogP) is 3.44. The van der Waals surface area contributed by atoms with Crippen LogP contribution < -0.4 is 4.74 Å². The average molecular weight is 297 g/mol. The van der Waals surface area contributed by atoms with Crippen molar-refractivity contribution in [1.29, 1.82) is 0 Å². The summed E-state index contributed by atoms with van der Waals surface area (Å²) in [5.41, 5.74) is 1.78. The van der Waals surface area contributed by atoms with E-state index in [1.165, 1.54) is 25.9 Å². The molecule has 3 rings (SSSR count). The zero-order valence-corrected chi connectivity index (χ0v) is 12.9. The van der Waals surface area contributed by atoms with Crippen LogP contribution in [-0.2, 0) is 0 Å². The van der Waals surface area contributed by atoms with Gasteiger partial charge in [-0.25, -0.2) is 9.97 Å². The van der Waals surface area contributed by atoms with E-state index in [1.807, 2.05) is 30.3 Å². The summed E-state index contributed by atoms with van der Waals surface area (Å²) >= 11 is 0. The second kappa shape index (κ2) is 7.36. The minimum Gasteiger partial charge on any atom is -0.472 e. The summed E-state index contributed by atoms with van der Waals surface area (Å²) in [6, 6.07) is 7.87. The Labute approximate surface area is 131 Å². The lowest BCUT2D eigenvalue weighted by Gasteiger charge is -2.23. The molecule has 0 saturated carbocycles. The number of rotatable bonds is 7. The highest BCUT2D eigenvalue weighted by Gasteiger charge is 2.19. The van der Waals surface area contributed by atoms with Crippen molar-refractivity contribution in [3.05, 3.63) is 43.1 Å². The summed E-state index contributed by atoms with van der Waals surface area (Å²) in [6.45, 7) is 7.13. The van der Waals surface area contributed by atoms with E-state index in [4.69, 9.17) is 4.74 Å². The Morgan fingerprint density at radius 3 is 2.77 bits per heavy atom. The van der Waals surface area contributed by atoms with Gasteiger partial charge in [-0.1, -0.05) is 18.2 Å². The maximum Gasteiger partial charge on any atom is 0.233 e. The van der Waals surface area contributed by atoms with Crippen molar-refractivity contribution in [1.82, 2.24) is 14.9 Å². The highest BCUT2D eigenvalue weighted by molar-refractivity contribution is 5.73. The normalized spacial score (nSPS) is 16.7. The average Bonchev–Trinajstić information content (AvgIpc) is 3.05. The van der Waals surface area contributed by atoms with Crippen molar-refractivity contribution in [3.8, 4) is 5.88 Å². The van der Waals surface area contributed by atoms with Crippen LogP contribution in [0.4, 0.5) is 0 Å². The molecule has 0 aliphatic carbocycles. The number of aromatic nitrogens is 2. The molecule has 1 aliphatic heterocycles. The Hall–Kier alpha value is -1.94. The smallest absolute Gasteiger partial charge is 0.233 e. The number of benzene rings is 1. The maximum absolute atomic E-state index is 6.12. The zero-order valence-electron chi connectivity index (χ0n) is 12.9. The van der Waals surface area contributed by atoms with E-state index < -0.39 is 0 Å². The molecule has 0 spiro atoms. The topological polar surface area (TPSA) is 38.2 Å². The number of nitrogens with zero attached hydrogens (tertiary/aromatic N) is 3. The van der Waals surface area contributed by atoms with Crippen LogP contribution in [0.2, 0.25) is 0 Å². The zero-order chi connectivity index (χ0) is 15.2. The summed E-state index contributed by atoms with van der Waals surface area (Å²) in [5, 5.41) is 0. The molecule has 116 valence electrons. The fraction of sp³-hybridized carbons (Fsp3) is 0.444. The SMILES string of the molecule is C=CCC[C@@H](CN1CCCC1)Oc1cnc2ccccc2n1. The molecule has 0 bridgehead atoms. The molecular weight excluding hydrogens is 274 g/mol. The molecule has 2 aromatic rings. The van der Waals surface area contributed by atoms with E-state index in [2.05, 4.69) is 21.4 Å². The molecule has 1 aliphatic rings. The van der Waals surface area contributed by atoms with Crippen molar-refractivity contribution in [2.24, 2.45) is 0 Å². The highest BCUT2D eigenvalue weighted by Crippen LogP contribution is 2.17. The Bertz CT molecular complexity index is 623. The molecule has 22 heavy (non-hydrogen) atoms. The molecule has 1 aromatic heterocycles. The summed E-state index contributed by atoms with van der Waals surface area (Å²) in [4.78, 5) is 11.5.